The summed E-state index contributed by atoms with van der Waals surface area (Å²) in [6.45, 7) is 0. The largest absolute Gasteiger partial charge is 0.423 e. The van der Waals surface area contributed by atoms with Gasteiger partial charge in [0.25, 0.3) is 5.79 Å². The van der Waals surface area contributed by atoms with Crippen molar-refractivity contribution in [3.05, 3.63) is 102 Å². The van der Waals surface area contributed by atoms with E-state index in [-0.39, 0.29) is 12.0 Å². The van der Waals surface area contributed by atoms with Crippen LogP contribution in [-0.2, 0) is 15.4 Å². The number of hydrogen-bond acceptors (Lipinski definition) is 4. The van der Waals surface area contributed by atoms with Crippen LogP contribution in [0.4, 0.5) is 5.69 Å². The normalized spacial score (nSPS) is 23.9. The second-order valence-electron chi connectivity index (χ2n) is 6.57. The second-order valence-corrected chi connectivity index (χ2v) is 6.57. The minimum atomic E-state index is -1.08. The van der Waals surface area contributed by atoms with Crippen LogP contribution in [0.25, 0.3) is 0 Å². The third-order valence-corrected chi connectivity index (χ3v) is 5.00. The molecule has 2 heterocycles. The zero-order chi connectivity index (χ0) is 17.6. The summed E-state index contributed by atoms with van der Waals surface area (Å²) in [4.78, 5) is 18.7. The van der Waals surface area contributed by atoms with Gasteiger partial charge >= 0.3 is 5.97 Å². The first-order valence-corrected chi connectivity index (χ1v) is 8.68. The van der Waals surface area contributed by atoms with Crippen molar-refractivity contribution in [1.29, 1.82) is 0 Å². The molecule has 0 amide bonds. The molecule has 4 nitrogen and oxygen atoms in total. The molecule has 0 aromatic heterocycles. The number of nitrogens with zero attached hydrogens (tertiary/aromatic N) is 1. The minimum Gasteiger partial charge on any atom is -0.423 e. The Bertz CT molecular complexity index is 908. The molecule has 2 aliphatic heterocycles. The highest BCUT2D eigenvalue weighted by Gasteiger charge is 2.56. The van der Waals surface area contributed by atoms with Crippen LogP contribution in [0.5, 0.6) is 0 Å². The number of ether oxygens (including phenoxy) is 1. The molecule has 2 atom stereocenters. The molecule has 1 saturated heterocycles. The molecule has 0 aliphatic carbocycles. The number of para-hydroxylation sites is 1. The molecule has 5 rings (SSSR count). The number of esters is 1. The maximum Gasteiger partial charge on any atom is 0.341 e. The number of fused-ring (bicyclic) bond motifs is 2. The Balaban J connectivity index is 1.63. The summed E-state index contributed by atoms with van der Waals surface area (Å²) in [5.41, 5.74) is 3.42. The maximum atomic E-state index is 12.4. The SMILES string of the molecule is O=C1O[C@@]2(C[C@H](c3ccccc3)N(c3ccccc3)O2)c2ccccc21. The van der Waals surface area contributed by atoms with E-state index in [0.717, 1.165) is 16.8 Å². The Morgan fingerprint density at radius 1 is 0.846 bits per heavy atom. The van der Waals surface area contributed by atoms with Crippen LogP contribution in [0.2, 0.25) is 0 Å². The van der Waals surface area contributed by atoms with E-state index in [9.17, 15) is 4.79 Å². The van der Waals surface area contributed by atoms with E-state index in [2.05, 4.69) is 12.1 Å². The number of hydrogen-bond donors (Lipinski definition) is 0. The highest BCUT2D eigenvalue weighted by Crippen LogP contribution is 2.52. The van der Waals surface area contributed by atoms with Crippen molar-refractivity contribution in [3.63, 3.8) is 0 Å². The highest BCUT2D eigenvalue weighted by molar-refractivity contribution is 5.94. The molecule has 0 radical (unpaired) electrons. The van der Waals surface area contributed by atoms with Crippen molar-refractivity contribution >= 4 is 11.7 Å². The lowest BCUT2D eigenvalue weighted by atomic mass is 9.94. The fraction of sp³-hybridized carbons (Fsp3) is 0.136. The monoisotopic (exact) mass is 343 g/mol. The molecular weight excluding hydrogens is 326 g/mol. The molecule has 3 aromatic rings. The Labute approximate surface area is 151 Å². The Hall–Kier alpha value is -3.11. The fourth-order valence-corrected chi connectivity index (χ4v) is 3.81. The first kappa shape index (κ1) is 15.2. The number of rotatable bonds is 2. The number of anilines is 1. The summed E-state index contributed by atoms with van der Waals surface area (Å²) >= 11 is 0. The van der Waals surface area contributed by atoms with Crippen LogP contribution in [-0.4, -0.2) is 5.97 Å². The zero-order valence-corrected chi connectivity index (χ0v) is 14.0. The summed E-state index contributed by atoms with van der Waals surface area (Å²) in [7, 11) is 0. The van der Waals surface area contributed by atoms with E-state index in [1.807, 2.05) is 71.8 Å². The third-order valence-electron chi connectivity index (χ3n) is 5.00. The summed E-state index contributed by atoms with van der Waals surface area (Å²) < 4.78 is 5.78. The lowest BCUT2D eigenvalue weighted by Gasteiger charge is -2.26. The van der Waals surface area contributed by atoms with Gasteiger partial charge in [-0.2, -0.15) is 0 Å². The van der Waals surface area contributed by atoms with Gasteiger partial charge in [0.15, 0.2) is 0 Å². The first-order chi connectivity index (χ1) is 12.8. The van der Waals surface area contributed by atoms with E-state index in [1.165, 1.54) is 0 Å². The van der Waals surface area contributed by atoms with Gasteiger partial charge in [0, 0.05) is 12.0 Å². The molecule has 0 saturated carbocycles. The zero-order valence-electron chi connectivity index (χ0n) is 14.0. The van der Waals surface area contributed by atoms with Gasteiger partial charge in [-0.05, 0) is 23.8 Å². The van der Waals surface area contributed by atoms with Crippen LogP contribution in [0.1, 0.15) is 33.9 Å². The van der Waals surface area contributed by atoms with Gasteiger partial charge in [0.2, 0.25) is 0 Å². The van der Waals surface area contributed by atoms with Crippen molar-refractivity contribution in [2.24, 2.45) is 0 Å². The van der Waals surface area contributed by atoms with Crippen LogP contribution in [0.3, 0.4) is 0 Å². The summed E-state index contributed by atoms with van der Waals surface area (Å²) in [6, 6.07) is 27.5. The van der Waals surface area contributed by atoms with Crippen molar-refractivity contribution in [1.82, 2.24) is 0 Å². The van der Waals surface area contributed by atoms with Crippen LogP contribution >= 0.6 is 0 Å². The maximum absolute atomic E-state index is 12.4. The lowest BCUT2D eigenvalue weighted by Crippen LogP contribution is -2.28. The van der Waals surface area contributed by atoms with Gasteiger partial charge < -0.3 is 4.74 Å². The molecule has 0 unspecified atom stereocenters. The van der Waals surface area contributed by atoms with Gasteiger partial charge in [-0.3, -0.25) is 0 Å². The van der Waals surface area contributed by atoms with E-state index >= 15 is 0 Å². The van der Waals surface area contributed by atoms with Gasteiger partial charge in [0.1, 0.15) is 0 Å². The van der Waals surface area contributed by atoms with Crippen LogP contribution in [0, 0.1) is 0 Å². The molecule has 3 aromatic carbocycles. The van der Waals surface area contributed by atoms with Crippen LogP contribution < -0.4 is 5.06 Å². The van der Waals surface area contributed by atoms with Gasteiger partial charge in [-0.1, -0.05) is 66.7 Å². The first-order valence-electron chi connectivity index (χ1n) is 8.68. The molecule has 2 aliphatic rings. The predicted molar refractivity (Wildman–Crippen MR) is 97.3 cm³/mol. The highest BCUT2D eigenvalue weighted by atomic mass is 16.8. The average Bonchev–Trinajstić information content (AvgIpc) is 3.22. The standard InChI is InChI=1S/C22H17NO3/c24-21-18-13-7-8-14-19(18)22(25-21)15-20(16-9-3-1-4-10-16)23(26-22)17-11-5-2-6-12-17/h1-14,20H,15H2/t20-,22-/m1/s1. The van der Waals surface area contributed by atoms with Gasteiger partial charge in [-0.25, -0.2) is 14.7 Å². The molecule has 26 heavy (non-hydrogen) atoms. The Morgan fingerprint density at radius 3 is 2.27 bits per heavy atom. The van der Waals surface area contributed by atoms with E-state index in [4.69, 9.17) is 9.57 Å². The van der Waals surface area contributed by atoms with Crippen LogP contribution in [0.15, 0.2) is 84.9 Å². The Kier molecular flexibility index (Phi) is 3.33. The van der Waals surface area contributed by atoms with Crippen molar-refractivity contribution in [2.75, 3.05) is 5.06 Å². The van der Waals surface area contributed by atoms with Gasteiger partial charge in [0.05, 0.1) is 17.3 Å². The lowest BCUT2D eigenvalue weighted by molar-refractivity contribution is -0.180. The second kappa shape index (κ2) is 5.71. The number of carbonyl (C=O) groups is 1. The van der Waals surface area contributed by atoms with E-state index in [1.54, 1.807) is 6.07 Å². The predicted octanol–water partition coefficient (Wildman–Crippen LogP) is 4.59. The number of benzene rings is 3. The quantitative estimate of drug-likeness (QED) is 0.638. The van der Waals surface area contributed by atoms with E-state index < -0.39 is 5.79 Å². The molecular formula is C22H17NO3. The molecule has 0 N–H and O–H groups in total. The van der Waals surface area contributed by atoms with Crippen molar-refractivity contribution < 1.29 is 14.4 Å². The third kappa shape index (κ3) is 2.23. The smallest absolute Gasteiger partial charge is 0.341 e. The molecule has 1 spiro atoms. The summed E-state index contributed by atoms with van der Waals surface area (Å²) in [5, 5.41) is 1.87. The van der Waals surface area contributed by atoms with Crippen molar-refractivity contribution in [2.45, 2.75) is 18.2 Å². The molecule has 1 fully saturated rings. The molecule has 4 heteroatoms. The van der Waals surface area contributed by atoms with E-state index in [0.29, 0.717) is 12.0 Å². The molecule has 128 valence electrons. The van der Waals surface area contributed by atoms with Gasteiger partial charge in [-0.15, -0.1) is 0 Å². The summed E-state index contributed by atoms with van der Waals surface area (Å²) in [5.74, 6) is -1.41. The topological polar surface area (TPSA) is 38.8 Å². The minimum absolute atomic E-state index is 0.0578. The number of carbonyl (C=O) groups excluding carboxylic acids is 1. The number of hydroxylamine groups is 1. The fourth-order valence-electron chi connectivity index (χ4n) is 3.81. The average molecular weight is 343 g/mol. The summed E-state index contributed by atoms with van der Waals surface area (Å²) in [6.07, 6.45) is 0.536. The van der Waals surface area contributed by atoms with Crippen molar-refractivity contribution in [3.8, 4) is 0 Å². The molecule has 0 bridgehead atoms. The Morgan fingerprint density at radius 2 is 1.50 bits per heavy atom.